The van der Waals surface area contributed by atoms with Crippen LogP contribution >= 0.6 is 23.2 Å². The van der Waals surface area contributed by atoms with Crippen LogP contribution in [0, 0.1) is 0 Å². The maximum Gasteiger partial charge on any atom is 0.251 e. The first-order valence-electron chi connectivity index (χ1n) is 8.92. The molecule has 0 radical (unpaired) electrons. The average Bonchev–Trinajstić information content (AvgIpc) is 2.72. The van der Waals surface area contributed by atoms with Crippen LogP contribution in [0.2, 0.25) is 10.0 Å². The van der Waals surface area contributed by atoms with Gasteiger partial charge in [-0.25, -0.2) is 0 Å². The molecule has 0 saturated heterocycles. The van der Waals surface area contributed by atoms with Crippen molar-refractivity contribution in [3.05, 3.63) is 94.0 Å². The first kappa shape index (κ1) is 20.7. The predicted molar refractivity (Wildman–Crippen MR) is 118 cm³/mol. The molecule has 0 atom stereocenters. The first-order valence-corrected chi connectivity index (χ1v) is 9.68. The van der Waals surface area contributed by atoms with Crippen molar-refractivity contribution in [1.82, 2.24) is 5.32 Å². The fraction of sp³-hybridized carbons (Fsp3) is 0.0909. The van der Waals surface area contributed by atoms with Crippen molar-refractivity contribution in [1.29, 1.82) is 0 Å². The van der Waals surface area contributed by atoms with E-state index in [0.29, 0.717) is 33.5 Å². The quantitative estimate of drug-likeness (QED) is 0.498. The Kier molecular flexibility index (Phi) is 7.11. The van der Waals surface area contributed by atoms with Crippen molar-refractivity contribution in [3.8, 4) is 0 Å². The normalized spacial score (nSPS) is 10.3. The van der Waals surface area contributed by atoms with Crippen LogP contribution in [0.15, 0.2) is 72.8 Å². The minimum Gasteiger partial charge on any atom is -0.375 e. The summed E-state index contributed by atoms with van der Waals surface area (Å²) in [5, 5.41) is 9.53. The van der Waals surface area contributed by atoms with Crippen LogP contribution in [0.5, 0.6) is 0 Å². The van der Waals surface area contributed by atoms with Gasteiger partial charge < -0.3 is 16.0 Å². The van der Waals surface area contributed by atoms with Gasteiger partial charge in [0.15, 0.2) is 0 Å². The Morgan fingerprint density at radius 2 is 1.66 bits per heavy atom. The highest BCUT2D eigenvalue weighted by Crippen LogP contribution is 2.25. The van der Waals surface area contributed by atoms with Gasteiger partial charge in [-0.3, -0.25) is 9.59 Å². The van der Waals surface area contributed by atoms with Gasteiger partial charge >= 0.3 is 0 Å². The Labute approximate surface area is 179 Å². The Morgan fingerprint density at radius 3 is 2.41 bits per heavy atom. The zero-order chi connectivity index (χ0) is 20.6. The molecule has 3 rings (SSSR count). The van der Waals surface area contributed by atoms with E-state index in [-0.39, 0.29) is 18.4 Å². The minimum atomic E-state index is -0.266. The first-order chi connectivity index (χ1) is 14.0. The van der Waals surface area contributed by atoms with Gasteiger partial charge in [-0.05, 0) is 42.0 Å². The maximum absolute atomic E-state index is 12.4. The van der Waals surface area contributed by atoms with Crippen LogP contribution in [0.25, 0.3) is 0 Å². The van der Waals surface area contributed by atoms with Gasteiger partial charge in [-0.15, -0.1) is 0 Å². The number of hydrogen-bond acceptors (Lipinski definition) is 3. The minimum absolute atomic E-state index is 0.0196. The van der Waals surface area contributed by atoms with Crippen molar-refractivity contribution < 1.29 is 9.59 Å². The number of amides is 2. The summed E-state index contributed by atoms with van der Waals surface area (Å²) < 4.78 is 0. The van der Waals surface area contributed by atoms with Crippen LogP contribution in [-0.4, -0.2) is 18.4 Å². The van der Waals surface area contributed by atoms with Crippen LogP contribution in [0.4, 0.5) is 11.4 Å². The molecule has 3 aromatic carbocycles. The molecule has 0 saturated carbocycles. The monoisotopic (exact) mass is 427 g/mol. The Bertz CT molecular complexity index is 1010. The summed E-state index contributed by atoms with van der Waals surface area (Å²) in [6.07, 6.45) is 0. The van der Waals surface area contributed by atoms with Crippen molar-refractivity contribution in [2.45, 2.75) is 6.54 Å². The molecule has 3 aromatic rings. The highest BCUT2D eigenvalue weighted by Gasteiger charge is 2.09. The number of anilines is 2. The SMILES string of the molecule is O=C(CNc1ccc(Cl)cc1Cl)Nc1cccc(C(=O)NCc2ccccc2)c1. The lowest BCUT2D eigenvalue weighted by Crippen LogP contribution is -2.24. The summed E-state index contributed by atoms with van der Waals surface area (Å²) in [7, 11) is 0. The molecule has 2 amide bonds. The zero-order valence-electron chi connectivity index (χ0n) is 15.4. The van der Waals surface area contributed by atoms with Gasteiger partial charge in [0, 0.05) is 22.8 Å². The molecular formula is C22H19Cl2N3O2. The molecule has 0 heterocycles. The number of rotatable bonds is 7. The van der Waals surface area contributed by atoms with Crippen molar-refractivity contribution in [2.24, 2.45) is 0 Å². The number of halogens is 2. The zero-order valence-corrected chi connectivity index (χ0v) is 16.9. The smallest absolute Gasteiger partial charge is 0.251 e. The van der Waals surface area contributed by atoms with Crippen LogP contribution in [0.3, 0.4) is 0 Å². The molecule has 0 fully saturated rings. The standard InChI is InChI=1S/C22H19Cl2N3O2/c23-17-9-10-20(19(24)12-17)25-14-21(28)27-18-8-4-7-16(11-18)22(29)26-13-15-5-2-1-3-6-15/h1-12,25H,13-14H2,(H,26,29)(H,27,28). The lowest BCUT2D eigenvalue weighted by atomic mass is 10.1. The number of nitrogens with one attached hydrogen (secondary N) is 3. The summed E-state index contributed by atoms with van der Waals surface area (Å²) in [5.41, 5.74) is 2.62. The molecule has 0 unspecified atom stereocenters. The van der Waals surface area contributed by atoms with Crippen LogP contribution in [0.1, 0.15) is 15.9 Å². The Morgan fingerprint density at radius 1 is 0.862 bits per heavy atom. The molecule has 0 aromatic heterocycles. The summed E-state index contributed by atoms with van der Waals surface area (Å²) in [4.78, 5) is 24.6. The molecule has 7 heteroatoms. The second-order valence-corrected chi connectivity index (χ2v) is 7.12. The molecule has 0 spiro atoms. The largest absolute Gasteiger partial charge is 0.375 e. The lowest BCUT2D eigenvalue weighted by Gasteiger charge is -2.10. The number of carbonyl (C=O) groups excluding carboxylic acids is 2. The van der Waals surface area contributed by atoms with Gasteiger partial charge in [-0.2, -0.15) is 0 Å². The topological polar surface area (TPSA) is 70.2 Å². The van der Waals surface area contributed by atoms with E-state index in [0.717, 1.165) is 5.56 Å². The third kappa shape index (κ3) is 6.24. The third-order valence-electron chi connectivity index (χ3n) is 4.07. The van der Waals surface area contributed by atoms with E-state index in [1.165, 1.54) is 0 Å². The molecule has 0 aliphatic carbocycles. The van der Waals surface area contributed by atoms with E-state index < -0.39 is 0 Å². The Hall–Kier alpha value is -3.02. The highest BCUT2D eigenvalue weighted by atomic mass is 35.5. The van der Waals surface area contributed by atoms with Crippen molar-refractivity contribution in [2.75, 3.05) is 17.2 Å². The van der Waals surface area contributed by atoms with E-state index in [4.69, 9.17) is 23.2 Å². The van der Waals surface area contributed by atoms with Gasteiger partial charge in [0.25, 0.3) is 5.91 Å². The molecular weight excluding hydrogens is 409 g/mol. The second-order valence-electron chi connectivity index (χ2n) is 6.27. The van der Waals surface area contributed by atoms with E-state index in [2.05, 4.69) is 16.0 Å². The van der Waals surface area contributed by atoms with Gasteiger partial charge in [0.05, 0.1) is 17.3 Å². The lowest BCUT2D eigenvalue weighted by molar-refractivity contribution is -0.114. The van der Waals surface area contributed by atoms with Gasteiger partial charge in [-0.1, -0.05) is 59.6 Å². The predicted octanol–water partition coefficient (Wildman–Crippen LogP) is 4.97. The summed E-state index contributed by atoms with van der Waals surface area (Å²) >= 11 is 11.9. The summed E-state index contributed by atoms with van der Waals surface area (Å²) in [5.74, 6) is -0.478. The van der Waals surface area contributed by atoms with Crippen molar-refractivity contribution in [3.63, 3.8) is 0 Å². The average molecular weight is 428 g/mol. The second kappa shape index (κ2) is 9.96. The van der Waals surface area contributed by atoms with E-state index in [1.54, 1.807) is 42.5 Å². The summed E-state index contributed by atoms with van der Waals surface area (Å²) in [6.45, 7) is 0.452. The molecule has 3 N–H and O–H groups in total. The molecule has 0 aliphatic rings. The number of carbonyl (C=O) groups is 2. The number of benzene rings is 3. The van der Waals surface area contributed by atoms with E-state index in [9.17, 15) is 9.59 Å². The van der Waals surface area contributed by atoms with Gasteiger partial charge in [0.2, 0.25) is 5.91 Å². The third-order valence-corrected chi connectivity index (χ3v) is 4.62. The van der Waals surface area contributed by atoms with Crippen LogP contribution < -0.4 is 16.0 Å². The fourth-order valence-corrected chi connectivity index (χ4v) is 3.11. The fourth-order valence-electron chi connectivity index (χ4n) is 2.63. The van der Waals surface area contributed by atoms with Gasteiger partial charge in [0.1, 0.15) is 0 Å². The molecule has 29 heavy (non-hydrogen) atoms. The summed E-state index contributed by atoms with van der Waals surface area (Å²) in [6, 6.07) is 21.4. The van der Waals surface area contributed by atoms with Crippen molar-refractivity contribution >= 4 is 46.4 Å². The molecule has 148 valence electrons. The molecule has 0 aliphatic heterocycles. The number of hydrogen-bond donors (Lipinski definition) is 3. The highest BCUT2D eigenvalue weighted by molar-refractivity contribution is 6.36. The van der Waals surface area contributed by atoms with E-state index in [1.807, 2.05) is 30.3 Å². The Balaban J connectivity index is 1.54. The molecule has 0 bridgehead atoms. The maximum atomic E-state index is 12.4. The van der Waals surface area contributed by atoms with Crippen LogP contribution in [-0.2, 0) is 11.3 Å². The molecule has 5 nitrogen and oxygen atoms in total. The van der Waals surface area contributed by atoms with E-state index >= 15 is 0 Å².